The van der Waals surface area contributed by atoms with Crippen molar-refractivity contribution in [1.82, 2.24) is 0 Å². The van der Waals surface area contributed by atoms with E-state index in [2.05, 4.69) is 0 Å². The average Bonchev–Trinajstić information content (AvgIpc) is 2.51. The summed E-state index contributed by atoms with van der Waals surface area (Å²) in [7, 11) is 0. The highest BCUT2D eigenvalue weighted by atomic mass is 16.9. The van der Waals surface area contributed by atoms with Crippen LogP contribution in [-0.4, -0.2) is 38.0 Å². The summed E-state index contributed by atoms with van der Waals surface area (Å²) in [6.45, 7) is 5.91. The van der Waals surface area contributed by atoms with Crippen LogP contribution in [0.4, 0.5) is 0 Å². The van der Waals surface area contributed by atoms with Gasteiger partial charge in [-0.25, -0.2) is 0 Å². The lowest BCUT2D eigenvalue weighted by atomic mass is 10.2. The summed E-state index contributed by atoms with van der Waals surface area (Å²) in [4.78, 5) is 0. The van der Waals surface area contributed by atoms with Gasteiger partial charge in [-0.2, -0.15) is 0 Å². The van der Waals surface area contributed by atoms with E-state index in [0.717, 1.165) is 19.4 Å². The third-order valence-electron chi connectivity index (χ3n) is 2.49. The highest BCUT2D eigenvalue weighted by Gasteiger charge is 2.42. The molecule has 0 aliphatic carbocycles. The van der Waals surface area contributed by atoms with Crippen LogP contribution in [0, 0.1) is 0 Å². The second-order valence-corrected chi connectivity index (χ2v) is 4.02. The molecule has 0 aromatic carbocycles. The molecule has 1 spiro atoms. The lowest BCUT2D eigenvalue weighted by molar-refractivity contribution is -0.351. The first-order valence-corrected chi connectivity index (χ1v) is 5.27. The van der Waals surface area contributed by atoms with Gasteiger partial charge in [0, 0.05) is 13.0 Å². The third-order valence-corrected chi connectivity index (χ3v) is 2.49. The Morgan fingerprint density at radius 2 is 1.79 bits per heavy atom. The maximum Gasteiger partial charge on any atom is 0.283 e. The van der Waals surface area contributed by atoms with Gasteiger partial charge in [-0.05, 0) is 20.3 Å². The zero-order valence-electron chi connectivity index (χ0n) is 8.82. The van der Waals surface area contributed by atoms with Gasteiger partial charge in [0.2, 0.25) is 0 Å². The molecule has 82 valence electrons. The Bertz CT molecular complexity index is 197. The molecule has 0 amide bonds. The van der Waals surface area contributed by atoms with Crippen LogP contribution in [0.25, 0.3) is 0 Å². The second kappa shape index (κ2) is 4.14. The SMILES string of the molecule is CC1COC2(CCCO1)OCC(C)O2. The summed E-state index contributed by atoms with van der Waals surface area (Å²) in [6, 6.07) is 0. The molecule has 2 saturated heterocycles. The first-order chi connectivity index (χ1) is 6.70. The maximum absolute atomic E-state index is 5.67. The molecule has 2 rings (SSSR count). The molecule has 0 aromatic heterocycles. The van der Waals surface area contributed by atoms with Gasteiger partial charge >= 0.3 is 0 Å². The molecule has 0 aromatic rings. The molecule has 2 aliphatic heterocycles. The minimum absolute atomic E-state index is 0.121. The van der Waals surface area contributed by atoms with Crippen molar-refractivity contribution < 1.29 is 18.9 Å². The monoisotopic (exact) mass is 202 g/mol. The van der Waals surface area contributed by atoms with Crippen molar-refractivity contribution in [2.45, 2.75) is 44.9 Å². The molecular formula is C10H18O4. The Morgan fingerprint density at radius 3 is 2.50 bits per heavy atom. The van der Waals surface area contributed by atoms with Crippen molar-refractivity contribution in [2.75, 3.05) is 19.8 Å². The predicted molar refractivity (Wildman–Crippen MR) is 49.8 cm³/mol. The number of rotatable bonds is 0. The summed E-state index contributed by atoms with van der Waals surface area (Å²) in [5.74, 6) is -0.780. The normalized spacial score (nSPS) is 45.0. The quantitative estimate of drug-likeness (QED) is 0.593. The smallest absolute Gasteiger partial charge is 0.283 e. The van der Waals surface area contributed by atoms with E-state index >= 15 is 0 Å². The Labute approximate surface area is 84.5 Å². The molecule has 4 heteroatoms. The maximum atomic E-state index is 5.67. The number of hydrogen-bond acceptors (Lipinski definition) is 4. The summed E-state index contributed by atoms with van der Waals surface area (Å²) in [5, 5.41) is 0. The predicted octanol–water partition coefficient (Wildman–Crippen LogP) is 1.29. The highest BCUT2D eigenvalue weighted by Crippen LogP contribution is 2.31. The zero-order chi connectivity index (χ0) is 10.0. The van der Waals surface area contributed by atoms with E-state index in [-0.39, 0.29) is 12.2 Å². The summed E-state index contributed by atoms with van der Waals surface area (Å²) >= 11 is 0. The zero-order valence-corrected chi connectivity index (χ0v) is 8.82. The van der Waals surface area contributed by atoms with E-state index in [1.165, 1.54) is 0 Å². The van der Waals surface area contributed by atoms with E-state index in [4.69, 9.17) is 18.9 Å². The molecule has 0 radical (unpaired) electrons. The van der Waals surface area contributed by atoms with Crippen LogP contribution < -0.4 is 0 Å². The van der Waals surface area contributed by atoms with Gasteiger partial charge in [0.05, 0.1) is 25.4 Å². The molecule has 4 nitrogen and oxygen atoms in total. The van der Waals surface area contributed by atoms with Crippen LogP contribution in [0.3, 0.4) is 0 Å². The van der Waals surface area contributed by atoms with Gasteiger partial charge in [-0.1, -0.05) is 0 Å². The highest BCUT2D eigenvalue weighted by molar-refractivity contribution is 4.71. The minimum Gasteiger partial charge on any atom is -0.376 e. The van der Waals surface area contributed by atoms with Crippen LogP contribution in [0.2, 0.25) is 0 Å². The van der Waals surface area contributed by atoms with E-state index in [1.54, 1.807) is 0 Å². The van der Waals surface area contributed by atoms with Crippen molar-refractivity contribution in [1.29, 1.82) is 0 Å². The fraction of sp³-hybridized carbons (Fsp3) is 1.00. The molecule has 2 heterocycles. The summed E-state index contributed by atoms with van der Waals surface area (Å²) in [6.07, 6.45) is 1.92. The van der Waals surface area contributed by atoms with E-state index in [0.29, 0.717) is 13.2 Å². The molecule has 14 heavy (non-hydrogen) atoms. The molecule has 0 N–H and O–H groups in total. The lowest BCUT2D eigenvalue weighted by Gasteiger charge is -2.31. The Morgan fingerprint density at radius 1 is 1.07 bits per heavy atom. The van der Waals surface area contributed by atoms with Crippen molar-refractivity contribution in [3.05, 3.63) is 0 Å². The Hall–Kier alpha value is -0.160. The molecule has 3 atom stereocenters. The van der Waals surface area contributed by atoms with E-state index in [1.807, 2.05) is 13.8 Å². The van der Waals surface area contributed by atoms with Crippen molar-refractivity contribution >= 4 is 0 Å². The van der Waals surface area contributed by atoms with Gasteiger partial charge in [0.25, 0.3) is 5.97 Å². The third kappa shape index (κ3) is 2.25. The molecule has 0 bridgehead atoms. The van der Waals surface area contributed by atoms with Crippen molar-refractivity contribution in [3.63, 3.8) is 0 Å². The van der Waals surface area contributed by atoms with Crippen molar-refractivity contribution in [2.24, 2.45) is 0 Å². The number of ether oxygens (including phenoxy) is 4. The van der Waals surface area contributed by atoms with Gasteiger partial charge in [-0.3, -0.25) is 0 Å². The first kappa shape index (κ1) is 10.4. The van der Waals surface area contributed by atoms with Gasteiger partial charge in [-0.15, -0.1) is 0 Å². The molecular weight excluding hydrogens is 184 g/mol. The standard InChI is InChI=1S/C10H18O4/c1-8-6-12-10(4-3-5-11-8)13-7-9(2)14-10/h8-9H,3-7H2,1-2H3. The van der Waals surface area contributed by atoms with Crippen LogP contribution >= 0.6 is 0 Å². The molecule has 3 unspecified atom stereocenters. The van der Waals surface area contributed by atoms with Crippen LogP contribution in [0.15, 0.2) is 0 Å². The van der Waals surface area contributed by atoms with E-state index < -0.39 is 5.97 Å². The number of hydrogen-bond donors (Lipinski definition) is 0. The Balaban J connectivity index is 1.96. The van der Waals surface area contributed by atoms with Crippen LogP contribution in [0.5, 0.6) is 0 Å². The first-order valence-electron chi connectivity index (χ1n) is 5.27. The fourth-order valence-electron chi connectivity index (χ4n) is 1.76. The Kier molecular flexibility index (Phi) is 3.07. The summed E-state index contributed by atoms with van der Waals surface area (Å²) in [5.41, 5.74) is 0. The van der Waals surface area contributed by atoms with Crippen LogP contribution in [0.1, 0.15) is 26.7 Å². The topological polar surface area (TPSA) is 36.9 Å². The molecule has 2 aliphatic rings. The van der Waals surface area contributed by atoms with Crippen molar-refractivity contribution in [3.8, 4) is 0 Å². The molecule has 2 fully saturated rings. The summed E-state index contributed by atoms with van der Waals surface area (Å²) < 4.78 is 22.4. The lowest BCUT2D eigenvalue weighted by Crippen LogP contribution is -2.39. The second-order valence-electron chi connectivity index (χ2n) is 4.02. The fourth-order valence-corrected chi connectivity index (χ4v) is 1.76. The minimum atomic E-state index is -0.780. The van der Waals surface area contributed by atoms with Gasteiger partial charge < -0.3 is 18.9 Å². The van der Waals surface area contributed by atoms with E-state index in [9.17, 15) is 0 Å². The largest absolute Gasteiger partial charge is 0.376 e. The average molecular weight is 202 g/mol. The van der Waals surface area contributed by atoms with Gasteiger partial charge in [0.15, 0.2) is 0 Å². The van der Waals surface area contributed by atoms with Crippen LogP contribution in [-0.2, 0) is 18.9 Å². The van der Waals surface area contributed by atoms with Gasteiger partial charge in [0.1, 0.15) is 0 Å². The molecule has 0 saturated carbocycles.